The number of esters is 2. The number of ether oxygens (including phenoxy) is 5. The van der Waals surface area contributed by atoms with Crippen LogP contribution in [0.1, 0.15) is 51.1 Å². The Labute approximate surface area is 194 Å². The van der Waals surface area contributed by atoms with Crippen LogP contribution < -0.4 is 14.2 Å². The van der Waals surface area contributed by atoms with Crippen molar-refractivity contribution in [3.05, 3.63) is 36.4 Å². The number of carbonyl (C=O) groups is 2. The standard InChI is InChI=1S/C24H34N2O7/c1-6-8-12-32-23(27)21(24(28)33-13-9-7-2)22(26-11-10-25-16-26)20-18(30-4)14-17(29-3)15-19(20)31-5/h10-11,14-16,21-22H,6-9,12-13H2,1-5H3. The zero-order chi connectivity index (χ0) is 24.2. The molecule has 0 amide bonds. The van der Waals surface area contributed by atoms with Crippen LogP contribution in [0.15, 0.2) is 30.9 Å². The van der Waals surface area contributed by atoms with Crippen LogP contribution in [0.4, 0.5) is 0 Å². The fourth-order valence-corrected chi connectivity index (χ4v) is 3.41. The van der Waals surface area contributed by atoms with Crippen LogP contribution in [0.2, 0.25) is 0 Å². The first-order valence-electron chi connectivity index (χ1n) is 11.1. The molecule has 1 aromatic heterocycles. The van der Waals surface area contributed by atoms with E-state index in [9.17, 15) is 9.59 Å². The molecule has 9 heteroatoms. The lowest BCUT2D eigenvalue weighted by Gasteiger charge is -2.28. The molecular weight excluding hydrogens is 428 g/mol. The van der Waals surface area contributed by atoms with Crippen molar-refractivity contribution in [2.45, 2.75) is 45.6 Å². The van der Waals surface area contributed by atoms with Gasteiger partial charge in [0.2, 0.25) is 0 Å². The van der Waals surface area contributed by atoms with Crippen molar-refractivity contribution in [2.75, 3.05) is 34.5 Å². The van der Waals surface area contributed by atoms with Crippen molar-refractivity contribution >= 4 is 11.9 Å². The molecule has 0 fully saturated rings. The van der Waals surface area contributed by atoms with Gasteiger partial charge in [0.05, 0.1) is 52.5 Å². The van der Waals surface area contributed by atoms with Crippen LogP contribution in [0.5, 0.6) is 17.2 Å². The molecule has 33 heavy (non-hydrogen) atoms. The maximum Gasteiger partial charge on any atom is 0.322 e. The molecule has 0 saturated heterocycles. The van der Waals surface area contributed by atoms with Gasteiger partial charge in [-0.25, -0.2) is 4.98 Å². The highest BCUT2D eigenvalue weighted by Gasteiger charge is 2.42. The highest BCUT2D eigenvalue weighted by molar-refractivity contribution is 5.96. The van der Waals surface area contributed by atoms with Gasteiger partial charge in [0.25, 0.3) is 0 Å². The van der Waals surface area contributed by atoms with Crippen LogP contribution in [-0.2, 0) is 19.1 Å². The molecule has 9 nitrogen and oxygen atoms in total. The second kappa shape index (κ2) is 13.3. The van der Waals surface area contributed by atoms with Gasteiger partial charge in [0.1, 0.15) is 17.2 Å². The minimum atomic E-state index is -1.30. The normalized spacial score (nSPS) is 11.7. The van der Waals surface area contributed by atoms with Gasteiger partial charge in [-0.05, 0) is 12.8 Å². The van der Waals surface area contributed by atoms with E-state index in [1.807, 2.05) is 13.8 Å². The van der Waals surface area contributed by atoms with E-state index in [0.717, 1.165) is 12.8 Å². The molecule has 0 N–H and O–H groups in total. The van der Waals surface area contributed by atoms with Gasteiger partial charge in [-0.2, -0.15) is 0 Å². The first-order chi connectivity index (χ1) is 16.0. The van der Waals surface area contributed by atoms with Gasteiger partial charge in [0, 0.05) is 24.5 Å². The van der Waals surface area contributed by atoms with E-state index in [0.29, 0.717) is 35.7 Å². The number of methoxy groups -OCH3 is 3. The predicted octanol–water partition coefficient (Wildman–Crippen LogP) is 3.80. The van der Waals surface area contributed by atoms with Crippen molar-refractivity contribution in [3.63, 3.8) is 0 Å². The van der Waals surface area contributed by atoms with Crippen LogP contribution >= 0.6 is 0 Å². The summed E-state index contributed by atoms with van der Waals surface area (Å²) in [5.74, 6) is -1.38. The third-order valence-corrected chi connectivity index (χ3v) is 5.20. The van der Waals surface area contributed by atoms with E-state index < -0.39 is 23.9 Å². The van der Waals surface area contributed by atoms with E-state index in [-0.39, 0.29) is 13.2 Å². The lowest BCUT2D eigenvalue weighted by Crippen LogP contribution is -2.37. The molecule has 1 atom stereocenters. The van der Waals surface area contributed by atoms with Gasteiger partial charge in [-0.3, -0.25) is 9.59 Å². The Kier molecular flexibility index (Phi) is 10.5. The second-order valence-electron chi connectivity index (χ2n) is 7.42. The number of imidazole rings is 1. The number of hydrogen-bond donors (Lipinski definition) is 0. The summed E-state index contributed by atoms with van der Waals surface area (Å²) >= 11 is 0. The Morgan fingerprint density at radius 2 is 1.45 bits per heavy atom. The number of benzene rings is 1. The highest BCUT2D eigenvalue weighted by atomic mass is 16.6. The molecule has 1 unspecified atom stereocenters. The lowest BCUT2D eigenvalue weighted by atomic mass is 9.90. The van der Waals surface area contributed by atoms with Crippen LogP contribution in [0.3, 0.4) is 0 Å². The molecule has 2 aromatic rings. The summed E-state index contributed by atoms with van der Waals surface area (Å²) < 4.78 is 29.2. The van der Waals surface area contributed by atoms with Crippen LogP contribution in [0.25, 0.3) is 0 Å². The Balaban J connectivity index is 2.64. The summed E-state index contributed by atoms with van der Waals surface area (Å²) in [6, 6.07) is 2.46. The molecular formula is C24H34N2O7. The van der Waals surface area contributed by atoms with Gasteiger partial charge in [-0.15, -0.1) is 0 Å². The molecule has 1 heterocycles. The van der Waals surface area contributed by atoms with Gasteiger partial charge in [-0.1, -0.05) is 26.7 Å². The maximum absolute atomic E-state index is 13.3. The highest BCUT2D eigenvalue weighted by Crippen LogP contribution is 2.43. The van der Waals surface area contributed by atoms with Crippen molar-refractivity contribution in [1.82, 2.24) is 9.55 Å². The topological polar surface area (TPSA) is 98.1 Å². The first kappa shape index (κ1) is 26.0. The maximum atomic E-state index is 13.3. The fourth-order valence-electron chi connectivity index (χ4n) is 3.41. The van der Waals surface area contributed by atoms with Crippen LogP contribution in [-0.4, -0.2) is 56.0 Å². The Bertz CT molecular complexity index is 836. The summed E-state index contributed by atoms with van der Waals surface area (Å²) in [4.78, 5) is 30.6. The molecule has 0 bridgehead atoms. The third-order valence-electron chi connectivity index (χ3n) is 5.20. The number of unbranched alkanes of at least 4 members (excludes halogenated alkanes) is 2. The zero-order valence-corrected chi connectivity index (χ0v) is 20.0. The van der Waals surface area contributed by atoms with Gasteiger partial charge >= 0.3 is 11.9 Å². The number of hydrogen-bond acceptors (Lipinski definition) is 8. The van der Waals surface area contributed by atoms with E-state index in [1.54, 1.807) is 29.1 Å². The molecule has 0 aliphatic rings. The van der Waals surface area contributed by atoms with E-state index in [2.05, 4.69) is 4.98 Å². The van der Waals surface area contributed by atoms with Gasteiger partial charge < -0.3 is 28.3 Å². The average Bonchev–Trinajstić information content (AvgIpc) is 3.36. The smallest absolute Gasteiger partial charge is 0.322 e. The van der Waals surface area contributed by atoms with E-state index >= 15 is 0 Å². The molecule has 0 aliphatic heterocycles. The van der Waals surface area contributed by atoms with E-state index in [1.165, 1.54) is 27.7 Å². The molecule has 0 saturated carbocycles. The molecule has 182 valence electrons. The third kappa shape index (κ3) is 6.63. The SMILES string of the molecule is CCCCOC(=O)C(C(=O)OCCCC)C(c1c(OC)cc(OC)cc1OC)n1ccnc1. The van der Waals surface area contributed by atoms with Crippen LogP contribution in [0, 0.1) is 5.92 Å². The fraction of sp³-hybridized carbons (Fsp3) is 0.542. The molecule has 0 aliphatic carbocycles. The monoisotopic (exact) mass is 462 g/mol. The Morgan fingerprint density at radius 1 is 0.909 bits per heavy atom. The second-order valence-corrected chi connectivity index (χ2v) is 7.42. The quantitative estimate of drug-likeness (QED) is 0.238. The number of nitrogens with zero attached hydrogens (tertiary/aromatic N) is 2. The number of carbonyl (C=O) groups excluding carboxylic acids is 2. The molecule has 1 aromatic carbocycles. The van der Waals surface area contributed by atoms with Gasteiger partial charge in [0.15, 0.2) is 5.92 Å². The molecule has 0 spiro atoms. The number of rotatable bonds is 14. The summed E-state index contributed by atoms with van der Waals surface area (Å²) in [5.41, 5.74) is 0.476. The predicted molar refractivity (Wildman–Crippen MR) is 122 cm³/mol. The average molecular weight is 463 g/mol. The van der Waals surface area contributed by atoms with Crippen molar-refractivity contribution in [2.24, 2.45) is 5.92 Å². The molecule has 2 rings (SSSR count). The Hall–Kier alpha value is -3.23. The summed E-state index contributed by atoms with van der Waals surface area (Å²) in [6.07, 6.45) is 7.84. The lowest BCUT2D eigenvalue weighted by molar-refractivity contribution is -0.164. The minimum absolute atomic E-state index is 0.210. The first-order valence-corrected chi connectivity index (χ1v) is 11.1. The summed E-state index contributed by atoms with van der Waals surface area (Å²) in [6.45, 7) is 4.40. The summed E-state index contributed by atoms with van der Waals surface area (Å²) in [5, 5.41) is 0. The minimum Gasteiger partial charge on any atom is -0.496 e. The largest absolute Gasteiger partial charge is 0.496 e. The van der Waals surface area contributed by atoms with Crippen molar-refractivity contribution in [1.29, 1.82) is 0 Å². The van der Waals surface area contributed by atoms with Crippen molar-refractivity contribution in [3.8, 4) is 17.2 Å². The van der Waals surface area contributed by atoms with Crippen molar-refractivity contribution < 1.29 is 33.3 Å². The van der Waals surface area contributed by atoms with E-state index in [4.69, 9.17) is 23.7 Å². The molecule has 0 radical (unpaired) electrons. The zero-order valence-electron chi connectivity index (χ0n) is 20.0. The number of aromatic nitrogens is 2. The Morgan fingerprint density at radius 3 is 1.85 bits per heavy atom. The summed E-state index contributed by atoms with van der Waals surface area (Å²) in [7, 11) is 4.52.